The number of Topliss-reactive ketones (excluding diaryl/α,β-unsaturated/α-hetero) is 1. The van der Waals surface area contributed by atoms with E-state index in [2.05, 4.69) is 5.32 Å². The lowest BCUT2D eigenvalue weighted by Crippen LogP contribution is -2.22. The van der Waals surface area contributed by atoms with Gasteiger partial charge >= 0.3 is 0 Å². The van der Waals surface area contributed by atoms with Crippen molar-refractivity contribution in [3.05, 3.63) is 58.6 Å². The molecule has 2 rings (SSSR count). The number of hydrogen-bond acceptors (Lipinski definition) is 4. The second-order valence-corrected chi connectivity index (χ2v) is 6.50. The van der Waals surface area contributed by atoms with Gasteiger partial charge in [-0.15, -0.1) is 0 Å². The van der Waals surface area contributed by atoms with Gasteiger partial charge in [0.2, 0.25) is 5.91 Å². The average molecular weight is 389 g/mol. The molecule has 0 spiro atoms. The maximum atomic E-state index is 12.2. The van der Waals surface area contributed by atoms with Gasteiger partial charge in [0.05, 0.1) is 17.7 Å². The van der Waals surface area contributed by atoms with Crippen LogP contribution in [0, 0.1) is 0 Å². The highest BCUT2D eigenvalue weighted by Gasteiger charge is 2.14. The number of carbonyl (C=O) groups is 3. The highest BCUT2D eigenvalue weighted by Crippen LogP contribution is 2.22. The van der Waals surface area contributed by atoms with E-state index in [1.165, 1.54) is 11.0 Å². The lowest BCUT2D eigenvalue weighted by Gasteiger charge is -2.12. The van der Waals surface area contributed by atoms with Crippen LogP contribution in [0.1, 0.15) is 33.6 Å². The van der Waals surface area contributed by atoms with Gasteiger partial charge in [0.1, 0.15) is 5.75 Å². The van der Waals surface area contributed by atoms with Gasteiger partial charge in [-0.1, -0.05) is 11.6 Å². The first-order valence-corrected chi connectivity index (χ1v) is 8.68. The molecule has 27 heavy (non-hydrogen) atoms. The minimum absolute atomic E-state index is 0.0425. The van der Waals surface area contributed by atoms with Crippen molar-refractivity contribution >= 4 is 34.9 Å². The normalized spacial score (nSPS) is 10.2. The quantitative estimate of drug-likeness (QED) is 0.734. The minimum Gasteiger partial charge on any atom is -0.497 e. The van der Waals surface area contributed by atoms with Crippen LogP contribution in [0.25, 0.3) is 0 Å². The third kappa shape index (κ3) is 5.56. The van der Waals surface area contributed by atoms with Crippen LogP contribution in [-0.2, 0) is 4.79 Å². The van der Waals surface area contributed by atoms with Crippen molar-refractivity contribution in [1.29, 1.82) is 0 Å². The van der Waals surface area contributed by atoms with E-state index < -0.39 is 0 Å². The maximum Gasteiger partial charge on any atom is 0.254 e. The van der Waals surface area contributed by atoms with Crippen LogP contribution in [0.3, 0.4) is 0 Å². The van der Waals surface area contributed by atoms with Crippen molar-refractivity contribution in [2.75, 3.05) is 26.5 Å². The number of halogens is 1. The molecule has 2 amide bonds. The van der Waals surface area contributed by atoms with Gasteiger partial charge in [0.25, 0.3) is 5.91 Å². The van der Waals surface area contributed by atoms with E-state index in [1.807, 2.05) is 0 Å². The molecule has 0 saturated heterocycles. The fraction of sp³-hybridized carbons (Fsp3) is 0.250. The van der Waals surface area contributed by atoms with Gasteiger partial charge in [-0.05, 0) is 42.5 Å². The maximum absolute atomic E-state index is 12.2. The second-order valence-electron chi connectivity index (χ2n) is 6.09. The molecule has 0 bridgehead atoms. The number of anilines is 1. The molecule has 1 N–H and O–H groups in total. The third-order valence-corrected chi connectivity index (χ3v) is 4.19. The van der Waals surface area contributed by atoms with Crippen LogP contribution < -0.4 is 10.1 Å². The number of hydrogen-bond donors (Lipinski definition) is 1. The zero-order valence-electron chi connectivity index (χ0n) is 15.4. The topological polar surface area (TPSA) is 75.7 Å². The van der Waals surface area contributed by atoms with Crippen molar-refractivity contribution in [1.82, 2.24) is 4.90 Å². The largest absolute Gasteiger partial charge is 0.497 e. The van der Waals surface area contributed by atoms with E-state index >= 15 is 0 Å². The second kappa shape index (κ2) is 9.19. The van der Waals surface area contributed by atoms with Crippen LogP contribution in [-0.4, -0.2) is 43.7 Å². The number of carbonyl (C=O) groups excluding carboxylic acids is 3. The van der Waals surface area contributed by atoms with Crippen molar-refractivity contribution in [3.63, 3.8) is 0 Å². The van der Waals surface area contributed by atoms with Crippen molar-refractivity contribution in [2.24, 2.45) is 0 Å². The summed E-state index contributed by atoms with van der Waals surface area (Å²) in [6.45, 7) is 0. The molecule has 142 valence electrons. The van der Waals surface area contributed by atoms with Gasteiger partial charge in [-0.2, -0.15) is 0 Å². The minimum atomic E-state index is -0.306. The van der Waals surface area contributed by atoms with Crippen molar-refractivity contribution < 1.29 is 19.1 Å². The molecule has 0 aliphatic heterocycles. The molecule has 0 atom stereocenters. The first-order chi connectivity index (χ1) is 12.8. The van der Waals surface area contributed by atoms with Crippen LogP contribution in [0.5, 0.6) is 5.75 Å². The highest BCUT2D eigenvalue weighted by molar-refractivity contribution is 6.34. The number of nitrogens with zero attached hydrogens (tertiary/aromatic N) is 1. The summed E-state index contributed by atoms with van der Waals surface area (Å²) in [5, 5.41) is 2.93. The van der Waals surface area contributed by atoms with Gasteiger partial charge < -0.3 is 15.0 Å². The molecule has 0 unspecified atom stereocenters. The Labute approximate surface area is 163 Å². The number of methoxy groups -OCH3 is 1. The molecule has 0 saturated carbocycles. The smallest absolute Gasteiger partial charge is 0.254 e. The number of nitrogens with one attached hydrogen (secondary N) is 1. The first-order valence-electron chi connectivity index (χ1n) is 8.30. The van der Waals surface area contributed by atoms with Gasteiger partial charge in [-0.3, -0.25) is 14.4 Å². The Morgan fingerprint density at radius 3 is 2.26 bits per heavy atom. The molecule has 0 radical (unpaired) electrons. The summed E-state index contributed by atoms with van der Waals surface area (Å²) >= 11 is 6.12. The molecule has 0 heterocycles. The summed E-state index contributed by atoms with van der Waals surface area (Å²) in [7, 11) is 4.82. The van der Waals surface area contributed by atoms with E-state index in [0.717, 1.165) is 0 Å². The molecule has 0 aliphatic carbocycles. The summed E-state index contributed by atoms with van der Waals surface area (Å²) in [6.07, 6.45) is 0.129. The molecule has 0 aromatic heterocycles. The van der Waals surface area contributed by atoms with Gasteiger partial charge in [0.15, 0.2) is 5.78 Å². The molecule has 0 aliphatic rings. The molecular formula is C20H21ClN2O4. The Kier molecular flexibility index (Phi) is 6.96. The fourth-order valence-corrected chi connectivity index (χ4v) is 2.64. The summed E-state index contributed by atoms with van der Waals surface area (Å²) in [5.41, 5.74) is 1.35. The van der Waals surface area contributed by atoms with E-state index in [9.17, 15) is 14.4 Å². The monoisotopic (exact) mass is 388 g/mol. The average Bonchev–Trinajstić information content (AvgIpc) is 2.65. The van der Waals surface area contributed by atoms with Crippen molar-refractivity contribution in [2.45, 2.75) is 12.8 Å². The van der Waals surface area contributed by atoms with Crippen LogP contribution >= 0.6 is 11.6 Å². The Hall–Kier alpha value is -2.86. The van der Waals surface area contributed by atoms with E-state index in [0.29, 0.717) is 22.6 Å². The fourth-order valence-electron chi connectivity index (χ4n) is 2.38. The van der Waals surface area contributed by atoms with Crippen LogP contribution in [0.15, 0.2) is 42.5 Å². The Bertz CT molecular complexity index is 848. The third-order valence-electron chi connectivity index (χ3n) is 3.88. The summed E-state index contributed by atoms with van der Waals surface area (Å²) in [4.78, 5) is 37.6. The Morgan fingerprint density at radius 1 is 1.04 bits per heavy atom. The molecule has 6 nitrogen and oxygen atoms in total. The van der Waals surface area contributed by atoms with Crippen LogP contribution in [0.4, 0.5) is 5.69 Å². The molecule has 2 aromatic rings. The van der Waals surface area contributed by atoms with E-state index in [-0.39, 0.29) is 35.5 Å². The van der Waals surface area contributed by atoms with E-state index in [1.54, 1.807) is 57.6 Å². The number of ether oxygens (including phenoxy) is 1. The SMILES string of the molecule is COc1ccc(C(=O)CCC(=O)Nc2ccc(C(=O)N(C)C)c(Cl)c2)cc1. The highest BCUT2D eigenvalue weighted by atomic mass is 35.5. The molecule has 2 aromatic carbocycles. The summed E-state index contributed by atoms with van der Waals surface area (Å²) in [5.74, 6) is 0.0118. The lowest BCUT2D eigenvalue weighted by molar-refractivity contribution is -0.116. The lowest BCUT2D eigenvalue weighted by atomic mass is 10.1. The van der Waals surface area contributed by atoms with Crippen molar-refractivity contribution in [3.8, 4) is 5.75 Å². The zero-order valence-corrected chi connectivity index (χ0v) is 16.2. The number of amides is 2. The number of benzene rings is 2. The van der Waals surface area contributed by atoms with Crippen LogP contribution in [0.2, 0.25) is 5.02 Å². The predicted octanol–water partition coefficient (Wildman–Crippen LogP) is 3.65. The number of rotatable bonds is 7. The first kappa shape index (κ1) is 20.5. The summed E-state index contributed by atoms with van der Waals surface area (Å²) < 4.78 is 5.05. The van der Waals surface area contributed by atoms with Gasteiger partial charge in [0, 0.05) is 38.2 Å². The van der Waals surface area contributed by atoms with E-state index in [4.69, 9.17) is 16.3 Å². The molecule has 7 heteroatoms. The predicted molar refractivity (Wildman–Crippen MR) is 105 cm³/mol. The molecule has 0 fully saturated rings. The zero-order chi connectivity index (χ0) is 20.0. The molecular weight excluding hydrogens is 368 g/mol. The van der Waals surface area contributed by atoms with Gasteiger partial charge in [-0.25, -0.2) is 0 Å². The number of ketones is 1. The Balaban J connectivity index is 1.92. The summed E-state index contributed by atoms with van der Waals surface area (Å²) in [6, 6.07) is 11.4. The standard InChI is InChI=1S/C20H21ClN2O4/c1-23(2)20(26)16-9-6-14(12-17(16)21)22-19(25)11-10-18(24)13-4-7-15(27-3)8-5-13/h4-9,12H,10-11H2,1-3H3,(H,22,25). The Morgan fingerprint density at radius 2 is 1.70 bits per heavy atom.